The van der Waals surface area contributed by atoms with Crippen LogP contribution in [0.2, 0.25) is 0 Å². The van der Waals surface area contributed by atoms with Gasteiger partial charge in [-0.15, -0.1) is 0 Å². The van der Waals surface area contributed by atoms with Crippen molar-refractivity contribution >= 4 is 17.4 Å². The van der Waals surface area contributed by atoms with Gasteiger partial charge in [-0.05, 0) is 18.2 Å². The van der Waals surface area contributed by atoms with E-state index < -0.39 is 16.7 Å². The van der Waals surface area contributed by atoms with Crippen LogP contribution >= 0.6 is 0 Å². The summed E-state index contributed by atoms with van der Waals surface area (Å²) in [5, 5.41) is 11.5. The van der Waals surface area contributed by atoms with Crippen LogP contribution < -0.4 is 18.9 Å². The molecule has 0 atom stereocenters. The Balaban J connectivity index is 2.59. The van der Waals surface area contributed by atoms with E-state index in [1.807, 2.05) is 0 Å². The third kappa shape index (κ3) is 4.43. The van der Waals surface area contributed by atoms with Crippen molar-refractivity contribution in [3.63, 3.8) is 0 Å². The number of carbonyl (C=O) groups is 2. The number of ether oxygens (including phenoxy) is 5. The van der Waals surface area contributed by atoms with Gasteiger partial charge in [0.15, 0.2) is 28.8 Å². The molecule has 0 bridgehead atoms. The van der Waals surface area contributed by atoms with Crippen LogP contribution in [0.15, 0.2) is 24.3 Å². The molecule has 2 aromatic rings. The Labute approximate surface area is 172 Å². The van der Waals surface area contributed by atoms with Crippen molar-refractivity contribution in [1.82, 2.24) is 0 Å². The summed E-state index contributed by atoms with van der Waals surface area (Å²) in [4.78, 5) is 36.1. The standard InChI is InChI=1S/C20H21NO9/c1-26-16-7-11(14(21(24)25)10-19(16)29-4)6-15(22)12-8-17(27-2)18(28-3)9-13(12)20(23)30-5/h7-10H,6H2,1-5H3. The van der Waals surface area contributed by atoms with Gasteiger partial charge in [-0.25, -0.2) is 4.79 Å². The SMILES string of the molecule is COC(=O)c1cc(OC)c(OC)cc1C(=O)Cc1cc(OC)c(OC)cc1[N+](=O)[O-]. The number of Topliss-reactive ketones (excluding diaryl/α,β-unsaturated/α-hetero) is 1. The number of benzene rings is 2. The van der Waals surface area contributed by atoms with Gasteiger partial charge in [0.25, 0.3) is 5.69 Å². The summed E-state index contributed by atoms with van der Waals surface area (Å²) in [7, 11) is 6.65. The second-order valence-corrected chi connectivity index (χ2v) is 5.94. The van der Waals surface area contributed by atoms with Crippen LogP contribution in [0.4, 0.5) is 5.69 Å². The fourth-order valence-electron chi connectivity index (χ4n) is 2.88. The molecule has 2 aromatic carbocycles. The van der Waals surface area contributed by atoms with Crippen molar-refractivity contribution in [2.24, 2.45) is 0 Å². The van der Waals surface area contributed by atoms with Gasteiger partial charge in [0.05, 0.1) is 52.1 Å². The van der Waals surface area contributed by atoms with Gasteiger partial charge in [-0.3, -0.25) is 14.9 Å². The van der Waals surface area contributed by atoms with Crippen LogP contribution in [-0.2, 0) is 11.2 Å². The van der Waals surface area contributed by atoms with Crippen molar-refractivity contribution in [3.8, 4) is 23.0 Å². The monoisotopic (exact) mass is 419 g/mol. The molecule has 0 aliphatic carbocycles. The lowest BCUT2D eigenvalue weighted by atomic mass is 9.96. The summed E-state index contributed by atoms with van der Waals surface area (Å²) in [6, 6.07) is 5.19. The van der Waals surface area contributed by atoms with E-state index in [1.54, 1.807) is 0 Å². The van der Waals surface area contributed by atoms with Crippen LogP contribution in [0.25, 0.3) is 0 Å². The minimum atomic E-state index is -0.763. The first-order chi connectivity index (χ1) is 14.3. The quantitative estimate of drug-likeness (QED) is 0.261. The zero-order chi connectivity index (χ0) is 22.4. The minimum absolute atomic E-state index is 0.0245. The number of nitro benzene ring substituents is 1. The zero-order valence-corrected chi connectivity index (χ0v) is 17.1. The molecule has 0 N–H and O–H groups in total. The van der Waals surface area contributed by atoms with E-state index in [4.69, 9.17) is 23.7 Å². The van der Waals surface area contributed by atoms with E-state index in [-0.39, 0.29) is 51.8 Å². The number of methoxy groups -OCH3 is 5. The highest BCUT2D eigenvalue weighted by atomic mass is 16.6. The molecule has 0 aromatic heterocycles. The van der Waals surface area contributed by atoms with E-state index in [0.717, 1.165) is 0 Å². The molecule has 0 fully saturated rings. The average molecular weight is 419 g/mol. The topological polar surface area (TPSA) is 123 Å². The van der Waals surface area contributed by atoms with Crippen molar-refractivity contribution in [1.29, 1.82) is 0 Å². The number of hydrogen-bond acceptors (Lipinski definition) is 9. The Morgan fingerprint density at radius 3 is 1.73 bits per heavy atom. The number of hydrogen-bond donors (Lipinski definition) is 0. The molecule has 0 aliphatic heterocycles. The summed E-state index contributed by atoms with van der Waals surface area (Å²) >= 11 is 0. The lowest BCUT2D eigenvalue weighted by Gasteiger charge is -2.14. The maximum absolute atomic E-state index is 13.1. The van der Waals surface area contributed by atoms with Crippen LogP contribution in [0.1, 0.15) is 26.3 Å². The van der Waals surface area contributed by atoms with E-state index in [9.17, 15) is 19.7 Å². The molecule has 0 amide bonds. The molecular formula is C20H21NO9. The highest BCUT2D eigenvalue weighted by molar-refractivity contribution is 6.08. The number of ketones is 1. The van der Waals surface area contributed by atoms with Gasteiger partial charge in [0, 0.05) is 17.5 Å². The highest BCUT2D eigenvalue weighted by Gasteiger charge is 2.26. The lowest BCUT2D eigenvalue weighted by Crippen LogP contribution is -2.14. The molecule has 0 heterocycles. The number of esters is 1. The molecule has 0 radical (unpaired) electrons. The molecule has 0 saturated carbocycles. The molecule has 2 rings (SSSR count). The van der Waals surface area contributed by atoms with Crippen molar-refractivity contribution in [2.75, 3.05) is 35.5 Å². The zero-order valence-electron chi connectivity index (χ0n) is 17.1. The van der Waals surface area contributed by atoms with Crippen LogP contribution in [0, 0.1) is 10.1 Å². The lowest BCUT2D eigenvalue weighted by molar-refractivity contribution is -0.385. The fraction of sp³-hybridized carbons (Fsp3) is 0.300. The maximum atomic E-state index is 13.1. The summed E-state index contributed by atoms with van der Waals surface area (Å²) in [5.74, 6) is -0.497. The molecule has 0 unspecified atom stereocenters. The predicted octanol–water partition coefficient (Wildman–Crippen LogP) is 2.84. The summed E-state index contributed by atoms with van der Waals surface area (Å²) in [6.45, 7) is 0. The first kappa shape index (κ1) is 22.5. The van der Waals surface area contributed by atoms with E-state index in [1.165, 1.54) is 59.8 Å². The Morgan fingerprint density at radius 1 is 0.800 bits per heavy atom. The van der Waals surface area contributed by atoms with Crippen molar-refractivity contribution < 1.29 is 38.2 Å². The molecule has 0 aliphatic rings. The summed E-state index contributed by atoms with van der Waals surface area (Å²) < 4.78 is 25.4. The molecule has 30 heavy (non-hydrogen) atoms. The predicted molar refractivity (Wildman–Crippen MR) is 105 cm³/mol. The largest absolute Gasteiger partial charge is 0.493 e. The van der Waals surface area contributed by atoms with Crippen LogP contribution in [0.5, 0.6) is 23.0 Å². The van der Waals surface area contributed by atoms with E-state index in [2.05, 4.69) is 0 Å². The first-order valence-electron chi connectivity index (χ1n) is 8.58. The minimum Gasteiger partial charge on any atom is -0.493 e. The smallest absolute Gasteiger partial charge is 0.338 e. The Kier molecular flexibility index (Phi) is 7.18. The maximum Gasteiger partial charge on any atom is 0.338 e. The second-order valence-electron chi connectivity index (χ2n) is 5.94. The molecule has 160 valence electrons. The molecule has 10 nitrogen and oxygen atoms in total. The number of rotatable bonds is 9. The summed E-state index contributed by atoms with van der Waals surface area (Å²) in [6.07, 6.45) is -0.379. The van der Waals surface area contributed by atoms with E-state index >= 15 is 0 Å². The molecule has 10 heteroatoms. The van der Waals surface area contributed by atoms with Gasteiger partial charge in [-0.1, -0.05) is 0 Å². The number of nitro groups is 1. The third-order valence-electron chi connectivity index (χ3n) is 4.36. The Morgan fingerprint density at radius 2 is 1.27 bits per heavy atom. The normalized spacial score (nSPS) is 10.2. The van der Waals surface area contributed by atoms with E-state index in [0.29, 0.717) is 0 Å². The third-order valence-corrected chi connectivity index (χ3v) is 4.36. The highest BCUT2D eigenvalue weighted by Crippen LogP contribution is 2.36. The average Bonchev–Trinajstić information content (AvgIpc) is 2.76. The Bertz CT molecular complexity index is 985. The van der Waals surface area contributed by atoms with Gasteiger partial charge < -0.3 is 23.7 Å². The first-order valence-corrected chi connectivity index (χ1v) is 8.58. The van der Waals surface area contributed by atoms with Crippen LogP contribution in [0.3, 0.4) is 0 Å². The number of carbonyl (C=O) groups excluding carboxylic acids is 2. The number of nitrogens with zero attached hydrogens (tertiary/aromatic N) is 1. The van der Waals surface area contributed by atoms with Gasteiger partial charge in [0.2, 0.25) is 0 Å². The fourth-order valence-corrected chi connectivity index (χ4v) is 2.88. The summed E-state index contributed by atoms with van der Waals surface area (Å²) in [5.41, 5.74) is -0.304. The second kappa shape index (κ2) is 9.59. The molecule has 0 spiro atoms. The van der Waals surface area contributed by atoms with Gasteiger partial charge in [0.1, 0.15) is 0 Å². The van der Waals surface area contributed by atoms with Gasteiger partial charge >= 0.3 is 5.97 Å². The Hall–Kier alpha value is -3.82. The van der Waals surface area contributed by atoms with Crippen LogP contribution in [-0.4, -0.2) is 52.2 Å². The molecule has 0 saturated heterocycles. The van der Waals surface area contributed by atoms with Crippen molar-refractivity contribution in [3.05, 3.63) is 51.1 Å². The molecular weight excluding hydrogens is 398 g/mol. The van der Waals surface area contributed by atoms with Crippen molar-refractivity contribution in [2.45, 2.75) is 6.42 Å². The van der Waals surface area contributed by atoms with Gasteiger partial charge in [-0.2, -0.15) is 0 Å².